The molecule has 11 heteroatoms. The summed E-state index contributed by atoms with van der Waals surface area (Å²) in [4.78, 5) is 12.7. The van der Waals surface area contributed by atoms with Gasteiger partial charge >= 0.3 is 6.01 Å². The molecule has 1 amide bonds. The molecule has 1 atom stereocenters. The predicted octanol–water partition coefficient (Wildman–Crippen LogP) is 3.24. The fourth-order valence-electron chi connectivity index (χ4n) is 3.02. The molecule has 1 fully saturated rings. The standard InChI is InChI=1S/C17H15ClN4O4S2/c18-12-6-2-1-5-11(12)16-20-21-17(26-16)19-15(23)13-7-3-9-22(13)28(24,25)14-8-4-10-27-14/h1-2,4-6,8,10,13H,3,7,9H2,(H,19,21,23). The third-order valence-corrected chi connectivity index (χ3v) is 7.93. The second kappa shape index (κ2) is 7.63. The number of nitrogens with zero attached hydrogens (tertiary/aromatic N) is 3. The maximum absolute atomic E-state index is 12.8. The molecule has 0 saturated carbocycles. The van der Waals surface area contributed by atoms with E-state index in [1.807, 2.05) is 0 Å². The predicted molar refractivity (Wildman–Crippen MR) is 105 cm³/mol. The monoisotopic (exact) mass is 438 g/mol. The number of anilines is 1. The van der Waals surface area contributed by atoms with Crippen LogP contribution < -0.4 is 5.32 Å². The molecule has 0 aliphatic carbocycles. The minimum atomic E-state index is -3.72. The van der Waals surface area contributed by atoms with E-state index in [0.29, 0.717) is 23.4 Å². The molecule has 1 unspecified atom stereocenters. The molecular formula is C17H15ClN4O4S2. The Morgan fingerprint density at radius 2 is 2.07 bits per heavy atom. The average molecular weight is 439 g/mol. The highest BCUT2D eigenvalue weighted by Gasteiger charge is 2.40. The van der Waals surface area contributed by atoms with E-state index in [2.05, 4.69) is 15.5 Å². The van der Waals surface area contributed by atoms with Crippen molar-refractivity contribution in [3.8, 4) is 11.5 Å². The van der Waals surface area contributed by atoms with E-state index in [9.17, 15) is 13.2 Å². The first-order valence-corrected chi connectivity index (χ1v) is 11.1. The number of carbonyl (C=O) groups excluding carboxylic acids is 1. The molecule has 1 N–H and O–H groups in total. The summed E-state index contributed by atoms with van der Waals surface area (Å²) in [6.07, 6.45) is 1.01. The molecule has 0 radical (unpaired) electrons. The van der Waals surface area contributed by atoms with Crippen molar-refractivity contribution in [3.63, 3.8) is 0 Å². The Hall–Kier alpha value is -2.27. The van der Waals surface area contributed by atoms with Gasteiger partial charge in [0.05, 0.1) is 10.6 Å². The molecular weight excluding hydrogens is 424 g/mol. The van der Waals surface area contributed by atoms with E-state index in [-0.39, 0.29) is 22.7 Å². The average Bonchev–Trinajstić information content (AvgIpc) is 3.43. The van der Waals surface area contributed by atoms with Crippen LogP contribution in [0.5, 0.6) is 0 Å². The van der Waals surface area contributed by atoms with Crippen LogP contribution >= 0.6 is 22.9 Å². The number of amides is 1. The maximum Gasteiger partial charge on any atom is 0.322 e. The molecule has 28 heavy (non-hydrogen) atoms. The minimum absolute atomic E-state index is 0.111. The van der Waals surface area contributed by atoms with Gasteiger partial charge in [-0.25, -0.2) is 8.42 Å². The SMILES string of the molecule is O=C(Nc1nnc(-c2ccccc2Cl)o1)C1CCCN1S(=O)(=O)c1cccs1. The van der Waals surface area contributed by atoms with E-state index in [0.717, 1.165) is 11.3 Å². The van der Waals surface area contributed by atoms with Gasteiger partial charge in [-0.2, -0.15) is 4.31 Å². The van der Waals surface area contributed by atoms with Gasteiger partial charge in [0, 0.05) is 6.54 Å². The van der Waals surface area contributed by atoms with Crippen molar-refractivity contribution < 1.29 is 17.6 Å². The van der Waals surface area contributed by atoms with E-state index in [1.54, 1.807) is 35.7 Å². The van der Waals surface area contributed by atoms with Gasteiger partial charge in [-0.3, -0.25) is 10.1 Å². The second-order valence-corrected chi connectivity index (χ2v) is 9.56. The van der Waals surface area contributed by atoms with Crippen LogP contribution in [0.15, 0.2) is 50.4 Å². The van der Waals surface area contributed by atoms with Crippen molar-refractivity contribution >= 4 is 44.9 Å². The normalized spacial score (nSPS) is 17.7. The lowest BCUT2D eigenvalue weighted by molar-refractivity contribution is -0.119. The Bertz CT molecular complexity index is 1100. The minimum Gasteiger partial charge on any atom is -0.403 e. The summed E-state index contributed by atoms with van der Waals surface area (Å²) in [5, 5.41) is 12.3. The third-order valence-electron chi connectivity index (χ3n) is 4.32. The summed E-state index contributed by atoms with van der Waals surface area (Å²) in [5.74, 6) is -0.345. The lowest BCUT2D eigenvalue weighted by Crippen LogP contribution is -2.42. The number of aromatic nitrogens is 2. The van der Waals surface area contributed by atoms with Gasteiger partial charge in [-0.05, 0) is 36.4 Å². The molecule has 0 bridgehead atoms. The smallest absolute Gasteiger partial charge is 0.322 e. The molecule has 3 aromatic rings. The number of hydrogen-bond donors (Lipinski definition) is 1. The van der Waals surface area contributed by atoms with Crippen LogP contribution in [0.2, 0.25) is 5.02 Å². The number of thiophene rings is 1. The van der Waals surface area contributed by atoms with Crippen molar-refractivity contribution in [2.45, 2.75) is 23.1 Å². The molecule has 3 heterocycles. The van der Waals surface area contributed by atoms with Crippen LogP contribution in [0.3, 0.4) is 0 Å². The summed E-state index contributed by atoms with van der Waals surface area (Å²) in [6.45, 7) is 0.285. The molecule has 0 spiro atoms. The number of benzene rings is 1. The summed E-state index contributed by atoms with van der Waals surface area (Å²) >= 11 is 7.23. The van der Waals surface area contributed by atoms with Gasteiger partial charge in [0.2, 0.25) is 5.91 Å². The van der Waals surface area contributed by atoms with E-state index in [1.165, 1.54) is 10.4 Å². The fourth-order valence-corrected chi connectivity index (χ4v) is 6.01. The van der Waals surface area contributed by atoms with Crippen LogP contribution in [-0.2, 0) is 14.8 Å². The summed E-state index contributed by atoms with van der Waals surface area (Å²) < 4.78 is 32.5. The number of nitrogens with one attached hydrogen (secondary N) is 1. The van der Waals surface area contributed by atoms with Crippen LogP contribution in [0, 0.1) is 0 Å². The molecule has 1 aliphatic heterocycles. The molecule has 2 aromatic heterocycles. The summed E-state index contributed by atoms with van der Waals surface area (Å²) in [6, 6.07) is 9.20. The first-order valence-electron chi connectivity index (χ1n) is 8.41. The largest absolute Gasteiger partial charge is 0.403 e. The number of sulfonamides is 1. The quantitative estimate of drug-likeness (QED) is 0.655. The Balaban J connectivity index is 1.52. The Labute approximate surface area is 170 Å². The molecule has 8 nitrogen and oxygen atoms in total. The van der Waals surface area contributed by atoms with Crippen LogP contribution in [-0.4, -0.2) is 41.4 Å². The third kappa shape index (κ3) is 3.55. The van der Waals surface area contributed by atoms with E-state index in [4.69, 9.17) is 16.0 Å². The molecule has 4 rings (SSSR count). The van der Waals surface area contributed by atoms with Crippen LogP contribution in [0.4, 0.5) is 6.01 Å². The van der Waals surface area contributed by atoms with Crippen molar-refractivity contribution in [3.05, 3.63) is 46.8 Å². The first-order chi connectivity index (χ1) is 13.5. The van der Waals surface area contributed by atoms with E-state index < -0.39 is 22.0 Å². The first kappa shape index (κ1) is 19.1. The number of halogens is 1. The summed E-state index contributed by atoms with van der Waals surface area (Å²) in [5.41, 5.74) is 0.542. The van der Waals surface area contributed by atoms with Crippen molar-refractivity contribution in [2.75, 3.05) is 11.9 Å². The fraction of sp³-hybridized carbons (Fsp3) is 0.235. The topological polar surface area (TPSA) is 105 Å². The Kier molecular flexibility index (Phi) is 5.19. The molecule has 1 aliphatic rings. The molecule has 1 aromatic carbocycles. The highest BCUT2D eigenvalue weighted by Crippen LogP contribution is 2.30. The van der Waals surface area contributed by atoms with Crippen molar-refractivity contribution in [1.82, 2.24) is 14.5 Å². The van der Waals surface area contributed by atoms with Gasteiger partial charge in [0.25, 0.3) is 15.9 Å². The zero-order valence-electron chi connectivity index (χ0n) is 14.4. The number of hydrogen-bond acceptors (Lipinski definition) is 7. The number of rotatable bonds is 5. The Morgan fingerprint density at radius 3 is 2.82 bits per heavy atom. The highest BCUT2D eigenvalue weighted by molar-refractivity contribution is 7.91. The van der Waals surface area contributed by atoms with Gasteiger partial charge in [-0.1, -0.05) is 34.9 Å². The molecule has 1 saturated heterocycles. The lowest BCUT2D eigenvalue weighted by Gasteiger charge is -2.21. The summed E-state index contributed by atoms with van der Waals surface area (Å²) in [7, 11) is -3.72. The zero-order valence-corrected chi connectivity index (χ0v) is 16.8. The van der Waals surface area contributed by atoms with E-state index >= 15 is 0 Å². The van der Waals surface area contributed by atoms with Crippen LogP contribution in [0.25, 0.3) is 11.5 Å². The van der Waals surface area contributed by atoms with Gasteiger partial charge < -0.3 is 4.42 Å². The Morgan fingerprint density at radius 1 is 1.25 bits per heavy atom. The van der Waals surface area contributed by atoms with Gasteiger partial charge in [0.1, 0.15) is 10.3 Å². The second-order valence-electron chi connectivity index (χ2n) is 6.09. The maximum atomic E-state index is 12.8. The lowest BCUT2D eigenvalue weighted by atomic mass is 10.2. The van der Waals surface area contributed by atoms with Gasteiger partial charge in [-0.15, -0.1) is 16.4 Å². The highest BCUT2D eigenvalue weighted by atomic mass is 35.5. The van der Waals surface area contributed by atoms with Crippen LogP contribution in [0.1, 0.15) is 12.8 Å². The zero-order chi connectivity index (χ0) is 19.7. The number of carbonyl (C=O) groups is 1. The van der Waals surface area contributed by atoms with Crippen molar-refractivity contribution in [1.29, 1.82) is 0 Å². The molecule has 146 valence electrons. The van der Waals surface area contributed by atoms with Gasteiger partial charge in [0.15, 0.2) is 0 Å². The van der Waals surface area contributed by atoms with Crippen molar-refractivity contribution in [2.24, 2.45) is 0 Å².